The van der Waals surface area contributed by atoms with E-state index in [1.807, 2.05) is 4.90 Å². The van der Waals surface area contributed by atoms with E-state index in [0.717, 1.165) is 25.1 Å². The van der Waals surface area contributed by atoms with Crippen molar-refractivity contribution in [3.63, 3.8) is 0 Å². The molecule has 0 unspecified atom stereocenters. The molecule has 1 aliphatic heterocycles. The van der Waals surface area contributed by atoms with Crippen molar-refractivity contribution in [2.24, 2.45) is 10.7 Å². The summed E-state index contributed by atoms with van der Waals surface area (Å²) in [6.07, 6.45) is 0.769. The summed E-state index contributed by atoms with van der Waals surface area (Å²) >= 11 is 0. The van der Waals surface area contributed by atoms with Gasteiger partial charge in [-0.3, -0.25) is 4.99 Å². The van der Waals surface area contributed by atoms with Crippen molar-refractivity contribution < 1.29 is 9.13 Å². The summed E-state index contributed by atoms with van der Waals surface area (Å²) in [4.78, 5) is 6.36. The molecule has 1 fully saturated rings. The number of nitrogens with zero attached hydrogens (tertiary/aromatic N) is 2. The van der Waals surface area contributed by atoms with E-state index in [1.54, 1.807) is 12.1 Å². The predicted molar refractivity (Wildman–Crippen MR) is 84.4 cm³/mol. The third kappa shape index (κ3) is 5.32. The minimum atomic E-state index is -0.213. The summed E-state index contributed by atoms with van der Waals surface area (Å²) in [5, 5.41) is 0. The second-order valence-corrected chi connectivity index (χ2v) is 4.22. The zero-order chi connectivity index (χ0) is 12.8. The molecule has 1 aromatic carbocycles. The SMILES string of the molecule is I.NC(=NCCc1ccc(F)cc1)N1CCOCC1. The Bertz CT molecular complexity index is 405. The fraction of sp³-hybridized carbons (Fsp3) is 0.462. The molecular formula is C13H19FIN3O. The largest absolute Gasteiger partial charge is 0.378 e. The van der Waals surface area contributed by atoms with Gasteiger partial charge in [-0.15, -0.1) is 24.0 Å². The molecule has 19 heavy (non-hydrogen) atoms. The Morgan fingerprint density at radius 2 is 1.89 bits per heavy atom. The molecule has 2 N–H and O–H groups in total. The number of nitrogens with two attached hydrogens (primary N) is 1. The number of morpholine rings is 1. The molecule has 106 valence electrons. The van der Waals surface area contributed by atoms with Gasteiger partial charge in [0, 0.05) is 19.6 Å². The molecule has 0 spiro atoms. The Morgan fingerprint density at radius 1 is 1.26 bits per heavy atom. The van der Waals surface area contributed by atoms with E-state index in [2.05, 4.69) is 4.99 Å². The van der Waals surface area contributed by atoms with Gasteiger partial charge in [-0.05, 0) is 24.1 Å². The van der Waals surface area contributed by atoms with Gasteiger partial charge in [-0.2, -0.15) is 0 Å². The molecule has 0 aromatic heterocycles. The lowest BCUT2D eigenvalue weighted by Crippen LogP contribution is -2.44. The van der Waals surface area contributed by atoms with Crippen LogP contribution < -0.4 is 5.73 Å². The summed E-state index contributed by atoms with van der Waals surface area (Å²) < 4.78 is 18.0. The molecule has 2 rings (SSSR count). The highest BCUT2D eigenvalue weighted by molar-refractivity contribution is 14.0. The zero-order valence-electron chi connectivity index (χ0n) is 10.7. The number of guanidine groups is 1. The topological polar surface area (TPSA) is 50.8 Å². The molecule has 1 saturated heterocycles. The number of aliphatic imine (C=N–C) groups is 1. The normalized spacial score (nSPS) is 16.1. The summed E-state index contributed by atoms with van der Waals surface area (Å²) in [5.41, 5.74) is 6.96. The van der Waals surface area contributed by atoms with Gasteiger partial charge in [0.05, 0.1) is 13.2 Å². The third-order valence-corrected chi connectivity index (χ3v) is 2.92. The van der Waals surface area contributed by atoms with Gasteiger partial charge >= 0.3 is 0 Å². The van der Waals surface area contributed by atoms with Crippen molar-refractivity contribution in [3.8, 4) is 0 Å². The number of halogens is 2. The van der Waals surface area contributed by atoms with Crippen LogP contribution in [0.15, 0.2) is 29.3 Å². The van der Waals surface area contributed by atoms with Crippen molar-refractivity contribution in [2.75, 3.05) is 32.8 Å². The van der Waals surface area contributed by atoms with Crippen LogP contribution in [0.2, 0.25) is 0 Å². The van der Waals surface area contributed by atoms with Crippen LogP contribution in [0.1, 0.15) is 5.56 Å². The molecular weight excluding hydrogens is 360 g/mol. The fourth-order valence-corrected chi connectivity index (χ4v) is 1.84. The van der Waals surface area contributed by atoms with E-state index >= 15 is 0 Å². The number of benzene rings is 1. The fourth-order valence-electron chi connectivity index (χ4n) is 1.84. The Hall–Kier alpha value is -0.890. The molecule has 6 heteroatoms. The Balaban J connectivity index is 0.00000180. The van der Waals surface area contributed by atoms with Gasteiger partial charge in [0.1, 0.15) is 5.82 Å². The number of hydrogen-bond donors (Lipinski definition) is 1. The van der Waals surface area contributed by atoms with Gasteiger partial charge in [0.2, 0.25) is 0 Å². The lowest BCUT2D eigenvalue weighted by molar-refractivity contribution is 0.0674. The van der Waals surface area contributed by atoms with E-state index in [0.29, 0.717) is 25.7 Å². The van der Waals surface area contributed by atoms with Crippen LogP contribution in [0.4, 0.5) is 4.39 Å². The predicted octanol–water partition coefficient (Wildman–Crippen LogP) is 1.63. The highest BCUT2D eigenvalue weighted by atomic mass is 127. The van der Waals surface area contributed by atoms with Crippen molar-refractivity contribution in [2.45, 2.75) is 6.42 Å². The average molecular weight is 379 g/mol. The molecule has 1 heterocycles. The third-order valence-electron chi connectivity index (χ3n) is 2.92. The van der Waals surface area contributed by atoms with Crippen LogP contribution in [0.5, 0.6) is 0 Å². The maximum absolute atomic E-state index is 12.7. The average Bonchev–Trinajstić information content (AvgIpc) is 2.42. The molecule has 0 bridgehead atoms. The van der Waals surface area contributed by atoms with Crippen molar-refractivity contribution in [1.29, 1.82) is 0 Å². The second kappa shape index (κ2) is 8.31. The summed E-state index contributed by atoms with van der Waals surface area (Å²) in [6.45, 7) is 3.62. The monoisotopic (exact) mass is 379 g/mol. The van der Waals surface area contributed by atoms with Gasteiger partial charge in [-0.25, -0.2) is 4.39 Å². The lowest BCUT2D eigenvalue weighted by atomic mass is 10.1. The molecule has 1 aromatic rings. The van der Waals surface area contributed by atoms with E-state index in [4.69, 9.17) is 10.5 Å². The maximum atomic E-state index is 12.7. The van der Waals surface area contributed by atoms with E-state index in [9.17, 15) is 4.39 Å². The van der Waals surface area contributed by atoms with Gasteiger partial charge < -0.3 is 15.4 Å². The summed E-state index contributed by atoms with van der Waals surface area (Å²) in [7, 11) is 0. The highest BCUT2D eigenvalue weighted by Crippen LogP contribution is 2.04. The molecule has 0 radical (unpaired) electrons. The Kier molecular flexibility index (Phi) is 7.07. The quantitative estimate of drug-likeness (QED) is 0.494. The van der Waals surface area contributed by atoms with Gasteiger partial charge in [0.15, 0.2) is 5.96 Å². The molecule has 1 aliphatic rings. The molecule has 0 aliphatic carbocycles. The molecule has 0 atom stereocenters. The van der Waals surface area contributed by atoms with E-state index in [-0.39, 0.29) is 29.8 Å². The molecule has 4 nitrogen and oxygen atoms in total. The standard InChI is InChI=1S/C13H18FN3O.HI/c14-12-3-1-11(2-4-12)5-6-16-13(15)17-7-9-18-10-8-17;/h1-4H,5-10H2,(H2,15,16);1H. The van der Waals surface area contributed by atoms with E-state index < -0.39 is 0 Å². The van der Waals surface area contributed by atoms with Crippen molar-refractivity contribution >= 4 is 29.9 Å². The molecule has 0 amide bonds. The van der Waals surface area contributed by atoms with Crippen LogP contribution >= 0.6 is 24.0 Å². The summed E-state index contributed by atoms with van der Waals surface area (Å²) in [5.74, 6) is 0.357. The first kappa shape index (κ1) is 16.2. The Morgan fingerprint density at radius 3 is 2.53 bits per heavy atom. The number of ether oxygens (including phenoxy) is 1. The van der Waals surface area contributed by atoms with Gasteiger partial charge in [-0.1, -0.05) is 12.1 Å². The van der Waals surface area contributed by atoms with Crippen molar-refractivity contribution in [1.82, 2.24) is 4.90 Å². The van der Waals surface area contributed by atoms with Crippen LogP contribution in [0, 0.1) is 5.82 Å². The first-order valence-corrected chi connectivity index (χ1v) is 6.13. The van der Waals surface area contributed by atoms with Crippen LogP contribution in [0.25, 0.3) is 0 Å². The van der Waals surface area contributed by atoms with Gasteiger partial charge in [0.25, 0.3) is 0 Å². The minimum absolute atomic E-state index is 0. The summed E-state index contributed by atoms with van der Waals surface area (Å²) in [6, 6.07) is 6.47. The zero-order valence-corrected chi connectivity index (χ0v) is 13.0. The smallest absolute Gasteiger partial charge is 0.191 e. The second-order valence-electron chi connectivity index (χ2n) is 4.22. The van der Waals surface area contributed by atoms with Crippen LogP contribution in [-0.2, 0) is 11.2 Å². The molecule has 0 saturated carbocycles. The Labute approximate surface area is 129 Å². The maximum Gasteiger partial charge on any atom is 0.191 e. The first-order valence-electron chi connectivity index (χ1n) is 6.13. The van der Waals surface area contributed by atoms with Crippen molar-refractivity contribution in [3.05, 3.63) is 35.6 Å². The highest BCUT2D eigenvalue weighted by Gasteiger charge is 2.11. The van der Waals surface area contributed by atoms with Crippen LogP contribution in [-0.4, -0.2) is 43.7 Å². The minimum Gasteiger partial charge on any atom is -0.378 e. The first-order chi connectivity index (χ1) is 8.75. The number of rotatable bonds is 3. The number of hydrogen-bond acceptors (Lipinski definition) is 2. The van der Waals surface area contributed by atoms with E-state index in [1.165, 1.54) is 12.1 Å². The lowest BCUT2D eigenvalue weighted by Gasteiger charge is -2.27. The van der Waals surface area contributed by atoms with Crippen LogP contribution in [0.3, 0.4) is 0 Å².